The first-order chi connectivity index (χ1) is 15.4. The Kier molecular flexibility index (Phi) is 6.76. The summed E-state index contributed by atoms with van der Waals surface area (Å²) in [5.74, 6) is 1.27. The molecule has 1 aliphatic rings. The highest BCUT2D eigenvalue weighted by Gasteiger charge is 2.24. The third-order valence-electron chi connectivity index (χ3n) is 5.11. The Morgan fingerprint density at radius 3 is 2.66 bits per heavy atom. The average Bonchev–Trinajstić information content (AvgIpc) is 3.44. The van der Waals surface area contributed by atoms with Gasteiger partial charge in [-0.3, -0.25) is 9.59 Å². The van der Waals surface area contributed by atoms with Gasteiger partial charge in [0.1, 0.15) is 13.2 Å². The fourth-order valence-electron chi connectivity index (χ4n) is 3.29. The first-order valence-corrected chi connectivity index (χ1v) is 12.1. The Morgan fingerprint density at radius 2 is 1.88 bits per heavy atom. The van der Waals surface area contributed by atoms with Crippen molar-refractivity contribution in [2.24, 2.45) is 0 Å². The summed E-state index contributed by atoms with van der Waals surface area (Å²) in [6.07, 6.45) is 0.483. The van der Waals surface area contributed by atoms with E-state index in [4.69, 9.17) is 9.47 Å². The number of carbonyl (C=O) groups excluding carboxylic acids is 2. The maximum atomic E-state index is 12.5. The number of hydrogen-bond donors (Lipinski definition) is 2. The molecular formula is C23H25N3O4S2. The van der Waals surface area contributed by atoms with Gasteiger partial charge in [-0.25, -0.2) is 4.98 Å². The van der Waals surface area contributed by atoms with E-state index in [1.807, 2.05) is 35.7 Å². The van der Waals surface area contributed by atoms with E-state index in [0.717, 1.165) is 21.9 Å². The second-order valence-electron chi connectivity index (χ2n) is 8.14. The molecule has 0 aliphatic carbocycles. The van der Waals surface area contributed by atoms with Crippen LogP contribution in [0.15, 0.2) is 41.1 Å². The molecule has 1 aliphatic heterocycles. The molecule has 2 aromatic heterocycles. The fraction of sp³-hybridized carbons (Fsp3) is 0.348. The van der Waals surface area contributed by atoms with Crippen molar-refractivity contribution in [3.63, 3.8) is 0 Å². The van der Waals surface area contributed by atoms with E-state index in [-0.39, 0.29) is 23.7 Å². The highest BCUT2D eigenvalue weighted by atomic mass is 32.1. The monoisotopic (exact) mass is 471 g/mol. The highest BCUT2D eigenvalue weighted by Crippen LogP contribution is 2.35. The number of aromatic nitrogens is 1. The van der Waals surface area contributed by atoms with Crippen LogP contribution >= 0.6 is 22.7 Å². The third-order valence-corrected chi connectivity index (χ3v) is 6.79. The SMILES string of the molecule is CC(C)(CNC(=O)Cc1csc(NC(=O)Cc2cccs2)n1)c1ccc2c(c1)OCCO2. The number of thiazole rings is 1. The Balaban J connectivity index is 1.28. The van der Waals surface area contributed by atoms with Gasteiger partial charge in [-0.05, 0) is 29.1 Å². The molecule has 3 heterocycles. The van der Waals surface area contributed by atoms with Crippen LogP contribution in [0.25, 0.3) is 0 Å². The van der Waals surface area contributed by atoms with Crippen LogP contribution in [0.3, 0.4) is 0 Å². The van der Waals surface area contributed by atoms with Crippen molar-refractivity contribution in [1.29, 1.82) is 0 Å². The molecule has 0 saturated heterocycles. The van der Waals surface area contributed by atoms with Crippen LogP contribution in [0, 0.1) is 0 Å². The summed E-state index contributed by atoms with van der Waals surface area (Å²) in [6, 6.07) is 9.74. The first kappa shape index (κ1) is 22.3. The summed E-state index contributed by atoms with van der Waals surface area (Å²) in [6.45, 7) is 5.71. The second kappa shape index (κ2) is 9.70. The van der Waals surface area contributed by atoms with Crippen LogP contribution in [0.1, 0.15) is 30.0 Å². The van der Waals surface area contributed by atoms with Crippen LogP contribution < -0.4 is 20.1 Å². The zero-order chi connectivity index (χ0) is 22.6. The topological polar surface area (TPSA) is 89.6 Å². The molecule has 0 bridgehead atoms. The van der Waals surface area contributed by atoms with E-state index < -0.39 is 0 Å². The second-order valence-corrected chi connectivity index (χ2v) is 10.0. The van der Waals surface area contributed by atoms with Gasteiger partial charge in [0.05, 0.1) is 18.5 Å². The Bertz CT molecular complexity index is 1090. The predicted octanol–water partition coefficient (Wildman–Crippen LogP) is 3.79. The minimum Gasteiger partial charge on any atom is -0.486 e. The van der Waals surface area contributed by atoms with Crippen molar-refractivity contribution in [3.8, 4) is 11.5 Å². The molecule has 3 aromatic rings. The van der Waals surface area contributed by atoms with E-state index in [1.54, 1.807) is 16.7 Å². The molecule has 2 amide bonds. The lowest BCUT2D eigenvalue weighted by atomic mass is 9.84. The lowest BCUT2D eigenvalue weighted by Gasteiger charge is -2.27. The van der Waals surface area contributed by atoms with Gasteiger partial charge in [-0.2, -0.15) is 0 Å². The van der Waals surface area contributed by atoms with Crippen molar-refractivity contribution < 1.29 is 19.1 Å². The molecule has 0 unspecified atom stereocenters. The van der Waals surface area contributed by atoms with Crippen LogP contribution in [-0.2, 0) is 27.8 Å². The molecule has 9 heteroatoms. The van der Waals surface area contributed by atoms with Crippen molar-refractivity contribution in [2.45, 2.75) is 32.1 Å². The van der Waals surface area contributed by atoms with Gasteiger partial charge in [0.15, 0.2) is 16.6 Å². The third kappa shape index (κ3) is 5.66. The van der Waals surface area contributed by atoms with Crippen molar-refractivity contribution >= 4 is 39.6 Å². The molecular weight excluding hydrogens is 446 g/mol. The number of fused-ring (bicyclic) bond motifs is 1. The zero-order valence-electron chi connectivity index (χ0n) is 18.0. The summed E-state index contributed by atoms with van der Waals surface area (Å²) in [5.41, 5.74) is 1.41. The molecule has 0 radical (unpaired) electrons. The zero-order valence-corrected chi connectivity index (χ0v) is 19.6. The van der Waals surface area contributed by atoms with Crippen molar-refractivity contribution in [2.75, 3.05) is 25.1 Å². The smallest absolute Gasteiger partial charge is 0.231 e. The first-order valence-electron chi connectivity index (χ1n) is 10.3. The Labute approximate surface area is 194 Å². The fourth-order valence-corrected chi connectivity index (χ4v) is 4.72. The van der Waals surface area contributed by atoms with Crippen molar-refractivity contribution in [3.05, 3.63) is 57.2 Å². The lowest BCUT2D eigenvalue weighted by molar-refractivity contribution is -0.120. The van der Waals surface area contributed by atoms with Crippen LogP contribution in [0.2, 0.25) is 0 Å². The molecule has 0 atom stereocenters. The Morgan fingerprint density at radius 1 is 1.06 bits per heavy atom. The van der Waals surface area contributed by atoms with Gasteiger partial charge < -0.3 is 20.1 Å². The number of benzene rings is 1. The van der Waals surface area contributed by atoms with Crippen LogP contribution in [-0.4, -0.2) is 36.6 Å². The molecule has 7 nitrogen and oxygen atoms in total. The molecule has 0 saturated carbocycles. The minimum atomic E-state index is -0.283. The quantitative estimate of drug-likeness (QED) is 0.522. The maximum absolute atomic E-state index is 12.5. The number of nitrogens with one attached hydrogen (secondary N) is 2. The van der Waals surface area contributed by atoms with Gasteiger partial charge in [-0.15, -0.1) is 22.7 Å². The Hall–Kier alpha value is -2.91. The van der Waals surface area contributed by atoms with E-state index in [1.165, 1.54) is 11.3 Å². The standard InChI is InChI=1S/C23H25N3O4S2/c1-23(2,15-5-6-18-19(10-15)30-8-7-29-18)14-24-20(27)11-16-13-32-22(25-16)26-21(28)12-17-4-3-9-31-17/h3-6,9-10,13H,7-8,11-12,14H2,1-2H3,(H,24,27)(H,25,26,28). The lowest BCUT2D eigenvalue weighted by Crippen LogP contribution is -2.37. The average molecular weight is 472 g/mol. The summed E-state index contributed by atoms with van der Waals surface area (Å²) in [4.78, 5) is 30.0. The van der Waals surface area contributed by atoms with Gasteiger partial charge in [0, 0.05) is 22.2 Å². The highest BCUT2D eigenvalue weighted by molar-refractivity contribution is 7.14. The van der Waals surface area contributed by atoms with Crippen LogP contribution in [0.4, 0.5) is 5.13 Å². The number of carbonyl (C=O) groups is 2. The summed E-state index contributed by atoms with van der Waals surface area (Å²) >= 11 is 2.86. The largest absolute Gasteiger partial charge is 0.486 e. The summed E-state index contributed by atoms with van der Waals surface area (Å²) in [5, 5.41) is 10.0. The normalized spacial score (nSPS) is 12.9. The van der Waals surface area contributed by atoms with E-state index in [9.17, 15) is 9.59 Å². The molecule has 1 aromatic carbocycles. The number of thiophene rings is 1. The molecule has 168 valence electrons. The van der Waals surface area contributed by atoms with E-state index in [2.05, 4.69) is 29.5 Å². The molecule has 0 fully saturated rings. The molecule has 0 spiro atoms. The minimum absolute atomic E-state index is 0.112. The number of anilines is 1. The maximum Gasteiger partial charge on any atom is 0.231 e. The van der Waals surface area contributed by atoms with E-state index >= 15 is 0 Å². The van der Waals surface area contributed by atoms with Gasteiger partial charge >= 0.3 is 0 Å². The number of nitrogens with zero attached hydrogens (tertiary/aromatic N) is 1. The number of amides is 2. The summed E-state index contributed by atoms with van der Waals surface area (Å²) in [7, 11) is 0. The van der Waals surface area contributed by atoms with Gasteiger partial charge in [0.25, 0.3) is 0 Å². The molecule has 32 heavy (non-hydrogen) atoms. The number of rotatable bonds is 8. The number of ether oxygens (including phenoxy) is 2. The van der Waals surface area contributed by atoms with Gasteiger partial charge in [-0.1, -0.05) is 26.0 Å². The molecule has 4 rings (SSSR count). The van der Waals surface area contributed by atoms with Crippen molar-refractivity contribution in [1.82, 2.24) is 10.3 Å². The predicted molar refractivity (Wildman–Crippen MR) is 126 cm³/mol. The number of hydrogen-bond acceptors (Lipinski definition) is 7. The van der Waals surface area contributed by atoms with Gasteiger partial charge in [0.2, 0.25) is 11.8 Å². The summed E-state index contributed by atoms with van der Waals surface area (Å²) < 4.78 is 11.3. The molecule has 2 N–H and O–H groups in total. The van der Waals surface area contributed by atoms with Crippen LogP contribution in [0.5, 0.6) is 11.5 Å². The van der Waals surface area contributed by atoms with E-state index in [0.29, 0.717) is 37.0 Å².